The quantitative estimate of drug-likeness (QED) is 0.607. The van der Waals surface area contributed by atoms with Gasteiger partial charge in [-0.25, -0.2) is 4.79 Å². The number of carbonyl (C=O) groups is 3. The first-order valence-electron chi connectivity index (χ1n) is 7.49. The second-order valence-electron chi connectivity index (χ2n) is 5.14. The van der Waals surface area contributed by atoms with Crippen molar-refractivity contribution in [1.29, 1.82) is 0 Å². The summed E-state index contributed by atoms with van der Waals surface area (Å²) < 4.78 is 4.92. The number of carbonyl (C=O) groups excluding carboxylic acids is 3. The van der Waals surface area contributed by atoms with E-state index in [0.717, 1.165) is 0 Å². The molecule has 0 aromatic heterocycles. The number of ketones is 1. The predicted octanol–water partition coefficient (Wildman–Crippen LogP) is 3.43. The Hall–Kier alpha value is -2.86. The number of phenols is 1. The Labute approximate surface area is 149 Å². The molecular weight excluding hydrogens is 346 g/mol. The molecule has 25 heavy (non-hydrogen) atoms. The lowest BCUT2D eigenvalue weighted by atomic mass is 10.1. The van der Waals surface area contributed by atoms with Crippen molar-refractivity contribution in [3.8, 4) is 5.75 Å². The molecule has 2 rings (SSSR count). The maximum atomic E-state index is 12.1. The molecule has 0 fully saturated rings. The normalized spacial score (nSPS) is 10.2. The van der Waals surface area contributed by atoms with Gasteiger partial charge in [-0.05, 0) is 42.5 Å². The molecule has 2 aromatic carbocycles. The summed E-state index contributed by atoms with van der Waals surface area (Å²) in [6.07, 6.45) is 0.355. The third-order valence-corrected chi connectivity index (χ3v) is 3.56. The van der Waals surface area contributed by atoms with E-state index in [2.05, 4.69) is 5.32 Å². The molecule has 0 bridgehead atoms. The number of aromatic hydroxyl groups is 1. The van der Waals surface area contributed by atoms with Crippen LogP contribution in [0.15, 0.2) is 42.5 Å². The fraction of sp³-hybridized carbons (Fsp3) is 0.167. The lowest BCUT2D eigenvalue weighted by molar-refractivity contribution is -0.115. The Kier molecular flexibility index (Phi) is 6.14. The van der Waals surface area contributed by atoms with Crippen LogP contribution in [0.2, 0.25) is 5.02 Å². The minimum Gasteiger partial charge on any atom is -0.507 e. The van der Waals surface area contributed by atoms with Gasteiger partial charge < -0.3 is 15.2 Å². The van der Waals surface area contributed by atoms with Crippen LogP contribution in [0.1, 0.15) is 34.1 Å². The summed E-state index contributed by atoms with van der Waals surface area (Å²) >= 11 is 5.69. The SMILES string of the molecule is CCC(=O)Nc1ccc(C(=O)COC(=O)c2ccc(Cl)cc2O)cc1. The Morgan fingerprint density at radius 2 is 1.80 bits per heavy atom. The Morgan fingerprint density at radius 3 is 2.40 bits per heavy atom. The van der Waals surface area contributed by atoms with Gasteiger partial charge in [-0.2, -0.15) is 0 Å². The Bertz CT molecular complexity index is 802. The smallest absolute Gasteiger partial charge is 0.342 e. The second kappa shape index (κ2) is 8.30. The number of esters is 1. The van der Waals surface area contributed by atoms with Crippen molar-refractivity contribution in [3.63, 3.8) is 0 Å². The third kappa shape index (κ3) is 5.06. The highest BCUT2D eigenvalue weighted by atomic mass is 35.5. The summed E-state index contributed by atoms with van der Waals surface area (Å²) in [5.41, 5.74) is 0.837. The van der Waals surface area contributed by atoms with E-state index in [1.165, 1.54) is 30.3 Å². The van der Waals surface area contributed by atoms with Crippen molar-refractivity contribution < 1.29 is 24.2 Å². The first-order chi connectivity index (χ1) is 11.9. The number of Topliss-reactive ketones (excluding diaryl/α,β-unsaturated/α-hetero) is 1. The molecule has 0 aliphatic heterocycles. The number of benzene rings is 2. The van der Waals surface area contributed by atoms with Gasteiger partial charge in [0.1, 0.15) is 11.3 Å². The molecule has 0 heterocycles. The maximum absolute atomic E-state index is 12.1. The van der Waals surface area contributed by atoms with E-state index in [9.17, 15) is 19.5 Å². The van der Waals surface area contributed by atoms with Crippen molar-refractivity contribution in [3.05, 3.63) is 58.6 Å². The average molecular weight is 362 g/mol. The maximum Gasteiger partial charge on any atom is 0.342 e. The first kappa shape index (κ1) is 18.5. The highest BCUT2D eigenvalue weighted by molar-refractivity contribution is 6.30. The molecule has 0 unspecified atom stereocenters. The summed E-state index contributed by atoms with van der Waals surface area (Å²) in [6.45, 7) is 1.27. The Morgan fingerprint density at radius 1 is 1.12 bits per heavy atom. The lowest BCUT2D eigenvalue weighted by Gasteiger charge is -2.07. The number of anilines is 1. The number of nitrogens with one attached hydrogen (secondary N) is 1. The minimum atomic E-state index is -0.825. The predicted molar refractivity (Wildman–Crippen MR) is 93.1 cm³/mol. The van der Waals surface area contributed by atoms with Crippen LogP contribution in [0.25, 0.3) is 0 Å². The van der Waals surface area contributed by atoms with Crippen molar-refractivity contribution in [2.24, 2.45) is 0 Å². The van der Waals surface area contributed by atoms with Gasteiger partial charge in [0, 0.05) is 22.7 Å². The topological polar surface area (TPSA) is 92.7 Å². The van der Waals surface area contributed by atoms with Crippen LogP contribution >= 0.6 is 11.6 Å². The van der Waals surface area contributed by atoms with E-state index in [1.807, 2.05) is 0 Å². The van der Waals surface area contributed by atoms with Gasteiger partial charge in [-0.15, -0.1) is 0 Å². The molecule has 0 radical (unpaired) electrons. The monoisotopic (exact) mass is 361 g/mol. The van der Waals surface area contributed by atoms with Gasteiger partial charge in [0.25, 0.3) is 0 Å². The molecule has 0 aliphatic rings. The number of hydrogen-bond acceptors (Lipinski definition) is 5. The summed E-state index contributed by atoms with van der Waals surface area (Å²) in [6, 6.07) is 10.2. The van der Waals surface area contributed by atoms with E-state index in [4.69, 9.17) is 16.3 Å². The van der Waals surface area contributed by atoms with Crippen molar-refractivity contribution in [1.82, 2.24) is 0 Å². The number of hydrogen-bond donors (Lipinski definition) is 2. The van der Waals surface area contributed by atoms with Gasteiger partial charge in [-0.3, -0.25) is 9.59 Å². The first-order valence-corrected chi connectivity index (χ1v) is 7.87. The van der Waals surface area contributed by atoms with Crippen molar-refractivity contribution in [2.75, 3.05) is 11.9 Å². The van der Waals surface area contributed by atoms with E-state index < -0.39 is 18.4 Å². The number of phenolic OH excluding ortho intramolecular Hbond substituents is 1. The van der Waals surface area contributed by atoms with Crippen molar-refractivity contribution >= 4 is 34.9 Å². The standard InChI is InChI=1S/C18H16ClNO5/c1-2-17(23)20-13-6-3-11(4-7-13)16(22)10-25-18(24)14-8-5-12(19)9-15(14)21/h3-9,21H,2,10H2,1H3,(H,20,23). The van der Waals surface area contributed by atoms with Crippen LogP contribution in [0.5, 0.6) is 5.75 Å². The summed E-state index contributed by atoms with van der Waals surface area (Å²) in [5, 5.41) is 12.6. The second-order valence-corrected chi connectivity index (χ2v) is 5.58. The lowest BCUT2D eigenvalue weighted by Crippen LogP contribution is -2.14. The molecule has 2 aromatic rings. The van der Waals surface area contributed by atoms with E-state index in [1.54, 1.807) is 19.1 Å². The van der Waals surface area contributed by atoms with Crippen LogP contribution in [0, 0.1) is 0 Å². The van der Waals surface area contributed by atoms with Gasteiger partial charge in [0.05, 0.1) is 0 Å². The fourth-order valence-corrected chi connectivity index (χ4v) is 2.12. The molecule has 0 saturated heterocycles. The van der Waals surface area contributed by atoms with E-state index >= 15 is 0 Å². The molecule has 2 N–H and O–H groups in total. The zero-order chi connectivity index (χ0) is 18.4. The molecule has 6 nitrogen and oxygen atoms in total. The summed E-state index contributed by atoms with van der Waals surface area (Å²) in [4.78, 5) is 35.3. The summed E-state index contributed by atoms with van der Waals surface area (Å²) in [7, 11) is 0. The third-order valence-electron chi connectivity index (χ3n) is 3.33. The molecule has 0 spiro atoms. The van der Waals surface area contributed by atoms with Gasteiger partial charge in [-0.1, -0.05) is 18.5 Å². The van der Waals surface area contributed by atoms with Crippen LogP contribution in [0.4, 0.5) is 5.69 Å². The van der Waals surface area contributed by atoms with E-state index in [-0.39, 0.29) is 22.2 Å². The van der Waals surface area contributed by atoms with Gasteiger partial charge in [0.2, 0.25) is 5.91 Å². The number of ether oxygens (including phenoxy) is 1. The number of halogens is 1. The van der Waals surface area contributed by atoms with Gasteiger partial charge in [0.15, 0.2) is 12.4 Å². The molecule has 0 atom stereocenters. The van der Waals surface area contributed by atoms with E-state index in [0.29, 0.717) is 17.7 Å². The molecule has 0 saturated carbocycles. The highest BCUT2D eigenvalue weighted by Gasteiger charge is 2.15. The molecule has 130 valence electrons. The summed E-state index contributed by atoms with van der Waals surface area (Å²) in [5.74, 6) is -1.68. The van der Waals surface area contributed by atoms with Crippen molar-refractivity contribution in [2.45, 2.75) is 13.3 Å². The van der Waals surface area contributed by atoms with Crippen LogP contribution in [0.3, 0.4) is 0 Å². The van der Waals surface area contributed by atoms with Crippen LogP contribution in [-0.2, 0) is 9.53 Å². The van der Waals surface area contributed by atoms with Crippen LogP contribution in [-0.4, -0.2) is 29.4 Å². The average Bonchev–Trinajstić information content (AvgIpc) is 2.60. The molecule has 1 amide bonds. The molecular formula is C18H16ClNO5. The zero-order valence-electron chi connectivity index (χ0n) is 13.4. The molecule has 0 aliphatic carbocycles. The largest absolute Gasteiger partial charge is 0.507 e. The minimum absolute atomic E-state index is 0.0742. The zero-order valence-corrected chi connectivity index (χ0v) is 14.2. The number of rotatable bonds is 6. The molecule has 7 heteroatoms. The Balaban J connectivity index is 1.95. The van der Waals surface area contributed by atoms with Gasteiger partial charge >= 0.3 is 5.97 Å². The fourth-order valence-electron chi connectivity index (χ4n) is 1.96. The van der Waals surface area contributed by atoms with Crippen LogP contribution < -0.4 is 5.32 Å². The number of amides is 1. The highest BCUT2D eigenvalue weighted by Crippen LogP contribution is 2.22.